The van der Waals surface area contributed by atoms with Gasteiger partial charge in [0.15, 0.2) is 0 Å². The molecule has 0 radical (unpaired) electrons. The molecule has 30 heavy (non-hydrogen) atoms. The van der Waals surface area contributed by atoms with E-state index in [1.165, 1.54) is 51.4 Å². The molecule has 3 aliphatic rings. The molecule has 3 rings (SSSR count). The van der Waals surface area contributed by atoms with Gasteiger partial charge in [-0.25, -0.2) is 0 Å². The maximum Gasteiger partial charge on any atom is 0.0737 e. The van der Waals surface area contributed by atoms with Crippen molar-refractivity contribution in [3.63, 3.8) is 0 Å². The second kappa shape index (κ2) is 12.2. The Morgan fingerprint density at radius 1 is 0.833 bits per heavy atom. The summed E-state index contributed by atoms with van der Waals surface area (Å²) in [6.07, 6.45) is 22.6. The lowest BCUT2D eigenvalue weighted by molar-refractivity contribution is -0.0109. The van der Waals surface area contributed by atoms with Gasteiger partial charge in [0.1, 0.15) is 0 Å². The summed E-state index contributed by atoms with van der Waals surface area (Å²) in [5, 5.41) is 0. The van der Waals surface area contributed by atoms with Crippen LogP contribution >= 0.6 is 45.2 Å². The number of rotatable bonds is 8. The van der Waals surface area contributed by atoms with Gasteiger partial charge >= 0.3 is 0 Å². The first-order valence-corrected chi connectivity index (χ1v) is 15.9. The van der Waals surface area contributed by atoms with Crippen molar-refractivity contribution in [3.8, 4) is 0 Å². The van der Waals surface area contributed by atoms with Gasteiger partial charge in [-0.2, -0.15) is 0 Å². The minimum atomic E-state index is 0.416. The quantitative estimate of drug-likeness (QED) is 0.183. The summed E-state index contributed by atoms with van der Waals surface area (Å²) in [7, 11) is 0. The summed E-state index contributed by atoms with van der Waals surface area (Å²) in [5.41, 5.74) is 0. The Morgan fingerprint density at radius 3 is 2.03 bits per heavy atom. The van der Waals surface area contributed by atoms with Crippen molar-refractivity contribution >= 4 is 45.2 Å². The molecular formula is C28H50I2. The highest BCUT2D eigenvalue weighted by Crippen LogP contribution is 2.57. The van der Waals surface area contributed by atoms with Crippen LogP contribution < -0.4 is 0 Å². The van der Waals surface area contributed by atoms with Gasteiger partial charge in [0.25, 0.3) is 0 Å². The van der Waals surface area contributed by atoms with E-state index in [-0.39, 0.29) is 0 Å². The lowest BCUT2D eigenvalue weighted by Crippen LogP contribution is -2.47. The average Bonchev–Trinajstić information content (AvgIpc) is 2.74. The fourth-order valence-electron chi connectivity index (χ4n) is 8.08. The Balaban J connectivity index is 1.70. The molecule has 3 aliphatic carbocycles. The van der Waals surface area contributed by atoms with Gasteiger partial charge in [-0.05, 0) is 67.1 Å². The van der Waals surface area contributed by atoms with Gasteiger partial charge < -0.3 is 0 Å². The topological polar surface area (TPSA) is 0 Å². The number of alkyl halides is 2. The van der Waals surface area contributed by atoms with Crippen molar-refractivity contribution in [2.75, 3.05) is 0 Å². The van der Waals surface area contributed by atoms with Crippen LogP contribution in [0, 0.1) is 47.3 Å². The van der Waals surface area contributed by atoms with Crippen molar-refractivity contribution in [1.82, 2.24) is 0 Å². The summed E-state index contributed by atoms with van der Waals surface area (Å²) in [6.45, 7) is 10.1. The van der Waals surface area contributed by atoms with Gasteiger partial charge in [-0.1, -0.05) is 149 Å². The Morgan fingerprint density at radius 2 is 1.47 bits per heavy atom. The van der Waals surface area contributed by atoms with Crippen molar-refractivity contribution in [1.29, 1.82) is 0 Å². The summed E-state index contributed by atoms with van der Waals surface area (Å²) in [4.78, 5) is 0. The van der Waals surface area contributed by atoms with Crippen molar-refractivity contribution in [2.24, 2.45) is 47.3 Å². The lowest BCUT2D eigenvalue weighted by atomic mass is 9.55. The Hall–Kier alpha value is 1.46. The van der Waals surface area contributed by atoms with Gasteiger partial charge in [0.05, 0.1) is 1.43 Å². The molecule has 176 valence electrons. The summed E-state index contributed by atoms with van der Waals surface area (Å²) >= 11 is 5.57. The van der Waals surface area contributed by atoms with Crippen LogP contribution in [0.5, 0.6) is 0 Å². The third-order valence-electron chi connectivity index (χ3n) is 9.86. The monoisotopic (exact) mass is 640 g/mol. The third-order valence-corrected chi connectivity index (χ3v) is 11.5. The van der Waals surface area contributed by atoms with Crippen LogP contribution in [-0.4, -0.2) is 1.43 Å². The molecule has 0 aromatic rings. The number of hydrogen-bond donors (Lipinski definition) is 0. The lowest BCUT2D eigenvalue weighted by Gasteiger charge is -2.53. The van der Waals surface area contributed by atoms with Crippen molar-refractivity contribution < 1.29 is 0 Å². The van der Waals surface area contributed by atoms with Gasteiger partial charge in [-0.3, -0.25) is 0 Å². The Kier molecular flexibility index (Phi) is 10.6. The van der Waals surface area contributed by atoms with Crippen LogP contribution in [-0.2, 0) is 0 Å². The van der Waals surface area contributed by atoms with E-state index in [4.69, 9.17) is 0 Å². The van der Waals surface area contributed by atoms with Gasteiger partial charge in [0, 0.05) is 0 Å². The smallest absolute Gasteiger partial charge is 0.0672 e. The fraction of sp³-hybridized carbons (Fsp3) is 1.00. The number of unbranched alkanes of at least 4 members (excludes halogenated alkanes) is 1. The zero-order valence-corrected chi connectivity index (χ0v) is 24.8. The highest BCUT2D eigenvalue weighted by atomic mass is 127. The molecular weight excluding hydrogens is 590 g/mol. The average molecular weight is 641 g/mol. The molecule has 0 nitrogen and oxygen atoms in total. The Labute approximate surface area is 216 Å². The minimum absolute atomic E-state index is 0.416. The second-order valence-corrected chi connectivity index (χ2v) is 18.3. The highest BCUT2D eigenvalue weighted by Gasteiger charge is 2.49. The summed E-state index contributed by atoms with van der Waals surface area (Å²) in [6, 6.07) is 0. The molecule has 5 atom stereocenters. The molecule has 0 aromatic carbocycles. The van der Waals surface area contributed by atoms with E-state index in [0.29, 0.717) is 1.43 Å². The van der Waals surface area contributed by atoms with Crippen LogP contribution in [0.4, 0.5) is 0 Å². The molecule has 0 saturated heterocycles. The maximum absolute atomic E-state index is 2.79. The predicted octanol–water partition coefficient (Wildman–Crippen LogP) is 10.5. The Bertz CT molecular complexity index is 481. The molecule has 0 aliphatic heterocycles. The fourth-order valence-corrected chi connectivity index (χ4v) is 9.52. The standard InChI is InChI=1S/C28H50I2/c1-5-7-11-21-14-16-22(17-15-21)18-25-20(3)24(6-2)27(28(4,29)30)19-26(25)23-12-9-8-10-13-23/h20-27H,5-19H2,1-4H3/t20?,21?,22?,24-,25?,26?,27?/m0/s1. The first kappa shape index (κ1) is 26.1. The summed E-state index contributed by atoms with van der Waals surface area (Å²) < 4.78 is 0.416. The first-order chi connectivity index (χ1) is 14.3. The molecule has 4 unspecified atom stereocenters. The van der Waals surface area contributed by atoms with Crippen molar-refractivity contribution in [3.05, 3.63) is 0 Å². The normalized spacial score (nSPS) is 39.2. The maximum atomic E-state index is 2.79. The van der Waals surface area contributed by atoms with Crippen LogP contribution in [0.3, 0.4) is 0 Å². The molecule has 3 fully saturated rings. The molecule has 2 heteroatoms. The van der Waals surface area contributed by atoms with Crippen LogP contribution in [0.1, 0.15) is 124 Å². The van der Waals surface area contributed by atoms with E-state index in [1.54, 1.807) is 44.9 Å². The number of hydrogen-bond acceptors (Lipinski definition) is 0. The zero-order chi connectivity index (χ0) is 21.7. The first-order valence-electron chi connectivity index (χ1n) is 13.7. The van der Waals surface area contributed by atoms with E-state index < -0.39 is 0 Å². The van der Waals surface area contributed by atoms with E-state index in [2.05, 4.69) is 72.9 Å². The van der Waals surface area contributed by atoms with E-state index >= 15 is 0 Å². The summed E-state index contributed by atoms with van der Waals surface area (Å²) in [5.74, 6) is 7.97. The van der Waals surface area contributed by atoms with E-state index in [9.17, 15) is 0 Å². The SMILES string of the molecule is CCCCC1CCC(CC2C(C3CCCCC3)CC(C(C)(I)I)[C@@H](CC)C2C)CC1. The van der Waals surface area contributed by atoms with Crippen LogP contribution in [0.2, 0.25) is 0 Å². The van der Waals surface area contributed by atoms with Crippen LogP contribution in [0.15, 0.2) is 0 Å². The van der Waals surface area contributed by atoms with Crippen molar-refractivity contribution in [2.45, 2.75) is 125 Å². The molecule has 0 aromatic heterocycles. The minimum Gasteiger partial charge on any atom is -0.0672 e. The van der Waals surface area contributed by atoms with Crippen LogP contribution in [0.25, 0.3) is 0 Å². The number of halogens is 2. The largest absolute Gasteiger partial charge is 0.0737 e. The van der Waals surface area contributed by atoms with Gasteiger partial charge in [0.2, 0.25) is 0 Å². The molecule has 0 amide bonds. The van der Waals surface area contributed by atoms with E-state index in [1.807, 2.05) is 0 Å². The highest BCUT2D eigenvalue weighted by molar-refractivity contribution is 14.2. The zero-order valence-electron chi connectivity index (χ0n) is 20.5. The third kappa shape index (κ3) is 6.75. The van der Waals surface area contributed by atoms with E-state index in [0.717, 1.165) is 47.3 Å². The predicted molar refractivity (Wildman–Crippen MR) is 151 cm³/mol. The molecule has 0 bridgehead atoms. The molecule has 0 spiro atoms. The molecule has 3 saturated carbocycles. The van der Waals surface area contributed by atoms with Gasteiger partial charge in [-0.15, -0.1) is 0 Å². The second-order valence-electron chi connectivity index (χ2n) is 11.7. The molecule has 0 N–H and O–H groups in total. The molecule has 0 heterocycles.